The van der Waals surface area contributed by atoms with E-state index in [0.29, 0.717) is 32.2 Å². The summed E-state index contributed by atoms with van der Waals surface area (Å²) in [6.45, 7) is 1.69. The predicted molar refractivity (Wildman–Crippen MR) is 96.2 cm³/mol. The SMILES string of the molecule is O=c1ccc(C2CC2)nn1C1CCC(NS(=O)(=O)N2CCOCC2)CC1. The van der Waals surface area contributed by atoms with Gasteiger partial charge in [-0.1, -0.05) is 0 Å². The highest BCUT2D eigenvalue weighted by Gasteiger charge is 2.31. The number of hydrogen-bond donors (Lipinski definition) is 1. The first-order chi connectivity index (χ1) is 12.5. The zero-order valence-corrected chi connectivity index (χ0v) is 15.7. The highest BCUT2D eigenvalue weighted by atomic mass is 32.2. The van der Waals surface area contributed by atoms with Crippen molar-refractivity contribution in [2.24, 2.45) is 0 Å². The van der Waals surface area contributed by atoms with E-state index in [-0.39, 0.29) is 17.6 Å². The molecule has 1 aromatic heterocycles. The van der Waals surface area contributed by atoms with E-state index in [0.717, 1.165) is 44.2 Å². The topological polar surface area (TPSA) is 93.5 Å². The molecule has 2 heterocycles. The molecule has 2 saturated carbocycles. The van der Waals surface area contributed by atoms with Crippen molar-refractivity contribution in [3.05, 3.63) is 28.2 Å². The monoisotopic (exact) mass is 382 g/mol. The third kappa shape index (κ3) is 4.00. The van der Waals surface area contributed by atoms with E-state index in [1.165, 1.54) is 4.31 Å². The summed E-state index contributed by atoms with van der Waals surface area (Å²) in [5.74, 6) is 0.513. The van der Waals surface area contributed by atoms with Crippen LogP contribution in [0, 0.1) is 0 Å². The van der Waals surface area contributed by atoms with Gasteiger partial charge in [-0.25, -0.2) is 4.68 Å². The minimum absolute atomic E-state index is 0.0605. The van der Waals surface area contributed by atoms with Gasteiger partial charge in [0.1, 0.15) is 0 Å². The zero-order valence-electron chi connectivity index (χ0n) is 14.8. The van der Waals surface area contributed by atoms with Crippen LogP contribution in [0.25, 0.3) is 0 Å². The lowest BCUT2D eigenvalue weighted by atomic mass is 9.92. The van der Waals surface area contributed by atoms with Crippen molar-refractivity contribution in [1.29, 1.82) is 0 Å². The van der Waals surface area contributed by atoms with Gasteiger partial charge in [0.25, 0.3) is 15.8 Å². The molecule has 3 aliphatic rings. The zero-order chi connectivity index (χ0) is 18.1. The highest BCUT2D eigenvalue weighted by molar-refractivity contribution is 7.87. The summed E-state index contributed by atoms with van der Waals surface area (Å²) < 4.78 is 36.1. The van der Waals surface area contributed by atoms with Crippen LogP contribution in [0.1, 0.15) is 56.2 Å². The number of ether oxygens (including phenoxy) is 1. The average molecular weight is 382 g/mol. The Balaban J connectivity index is 1.37. The van der Waals surface area contributed by atoms with Crippen LogP contribution in [0.3, 0.4) is 0 Å². The Bertz CT molecular complexity index is 791. The summed E-state index contributed by atoms with van der Waals surface area (Å²) in [6.07, 6.45) is 5.27. The van der Waals surface area contributed by atoms with E-state index in [9.17, 15) is 13.2 Å². The maximum Gasteiger partial charge on any atom is 0.279 e. The fraction of sp³-hybridized carbons (Fsp3) is 0.765. The van der Waals surface area contributed by atoms with Gasteiger partial charge in [0, 0.05) is 31.1 Å². The quantitative estimate of drug-likeness (QED) is 0.812. The van der Waals surface area contributed by atoms with E-state index >= 15 is 0 Å². The van der Waals surface area contributed by atoms with Gasteiger partial charge in [-0.3, -0.25) is 4.79 Å². The molecule has 1 aromatic rings. The van der Waals surface area contributed by atoms with E-state index in [1.54, 1.807) is 10.7 Å². The summed E-state index contributed by atoms with van der Waals surface area (Å²) in [5.41, 5.74) is 0.950. The first-order valence-electron chi connectivity index (χ1n) is 9.48. The molecule has 8 nitrogen and oxygen atoms in total. The van der Waals surface area contributed by atoms with Crippen LogP contribution in [-0.2, 0) is 14.9 Å². The highest BCUT2D eigenvalue weighted by Crippen LogP contribution is 2.38. The van der Waals surface area contributed by atoms with Crippen molar-refractivity contribution in [3.8, 4) is 0 Å². The Morgan fingerprint density at radius 3 is 2.38 bits per heavy atom. The van der Waals surface area contributed by atoms with Crippen LogP contribution in [0.5, 0.6) is 0 Å². The lowest BCUT2D eigenvalue weighted by molar-refractivity contribution is 0.0721. The Kier molecular flexibility index (Phi) is 5.13. The van der Waals surface area contributed by atoms with Crippen LogP contribution >= 0.6 is 0 Å². The first-order valence-corrected chi connectivity index (χ1v) is 10.9. The molecule has 0 unspecified atom stereocenters. The molecular weight excluding hydrogens is 356 g/mol. The second kappa shape index (κ2) is 7.38. The molecule has 0 bridgehead atoms. The van der Waals surface area contributed by atoms with Crippen LogP contribution < -0.4 is 10.3 Å². The first kappa shape index (κ1) is 18.1. The molecule has 1 aliphatic heterocycles. The summed E-state index contributed by atoms with van der Waals surface area (Å²) >= 11 is 0. The number of rotatable bonds is 5. The molecule has 144 valence electrons. The molecule has 2 aliphatic carbocycles. The van der Waals surface area contributed by atoms with Crippen LogP contribution in [0.15, 0.2) is 16.9 Å². The molecule has 26 heavy (non-hydrogen) atoms. The fourth-order valence-corrected chi connectivity index (χ4v) is 5.24. The summed E-state index contributed by atoms with van der Waals surface area (Å²) in [7, 11) is -3.46. The Labute approximate surface area is 153 Å². The van der Waals surface area contributed by atoms with E-state index in [2.05, 4.69) is 9.82 Å². The number of morpholine rings is 1. The lowest BCUT2D eigenvalue weighted by Gasteiger charge is -2.32. The Morgan fingerprint density at radius 1 is 1.04 bits per heavy atom. The Hall–Kier alpha value is -1.29. The van der Waals surface area contributed by atoms with Crippen molar-refractivity contribution in [3.63, 3.8) is 0 Å². The number of aromatic nitrogens is 2. The largest absolute Gasteiger partial charge is 0.379 e. The Morgan fingerprint density at radius 2 is 1.73 bits per heavy atom. The van der Waals surface area contributed by atoms with Crippen molar-refractivity contribution in [1.82, 2.24) is 18.8 Å². The molecule has 3 fully saturated rings. The van der Waals surface area contributed by atoms with Gasteiger partial charge in [-0.15, -0.1) is 0 Å². The number of hydrogen-bond acceptors (Lipinski definition) is 5. The normalized spacial score (nSPS) is 28.2. The van der Waals surface area contributed by atoms with Gasteiger partial charge in [-0.2, -0.15) is 22.5 Å². The van der Waals surface area contributed by atoms with Crippen molar-refractivity contribution >= 4 is 10.2 Å². The standard InChI is InChI=1S/C17H26N4O4S/c22-17-8-7-16(13-1-2-13)18-21(17)15-5-3-14(4-6-15)19-26(23,24)20-9-11-25-12-10-20/h7-8,13-15,19H,1-6,9-12H2. The second-order valence-electron chi connectivity index (χ2n) is 7.46. The predicted octanol–water partition coefficient (Wildman–Crippen LogP) is 0.771. The molecule has 4 rings (SSSR count). The molecule has 0 aromatic carbocycles. The van der Waals surface area contributed by atoms with E-state index < -0.39 is 10.2 Å². The molecule has 9 heteroatoms. The number of nitrogens with zero attached hydrogens (tertiary/aromatic N) is 3. The molecule has 0 atom stereocenters. The third-order valence-electron chi connectivity index (χ3n) is 5.51. The lowest BCUT2D eigenvalue weighted by Crippen LogP contribution is -2.50. The maximum atomic E-state index is 12.5. The van der Waals surface area contributed by atoms with Gasteiger partial charge in [0.05, 0.1) is 24.9 Å². The number of nitrogens with one attached hydrogen (secondary N) is 1. The summed E-state index contributed by atoms with van der Waals surface area (Å²) in [4.78, 5) is 12.2. The van der Waals surface area contributed by atoms with Crippen LogP contribution in [0.4, 0.5) is 0 Å². The van der Waals surface area contributed by atoms with E-state index in [4.69, 9.17) is 4.74 Å². The summed E-state index contributed by atoms with van der Waals surface area (Å²) in [5, 5.41) is 4.57. The van der Waals surface area contributed by atoms with E-state index in [1.807, 2.05) is 6.07 Å². The fourth-order valence-electron chi connectivity index (χ4n) is 3.81. The summed E-state index contributed by atoms with van der Waals surface area (Å²) in [6, 6.07) is 3.44. The molecule has 0 amide bonds. The molecule has 1 N–H and O–H groups in total. The van der Waals surface area contributed by atoms with Gasteiger partial charge < -0.3 is 4.74 Å². The molecular formula is C17H26N4O4S. The van der Waals surface area contributed by atoms with Crippen LogP contribution in [-0.4, -0.2) is 54.8 Å². The van der Waals surface area contributed by atoms with Crippen molar-refractivity contribution < 1.29 is 13.2 Å². The van der Waals surface area contributed by atoms with Gasteiger partial charge in [-0.05, 0) is 44.6 Å². The van der Waals surface area contributed by atoms with Crippen molar-refractivity contribution in [2.75, 3.05) is 26.3 Å². The average Bonchev–Trinajstić information content (AvgIpc) is 3.49. The van der Waals surface area contributed by atoms with Gasteiger partial charge >= 0.3 is 0 Å². The molecule has 0 radical (unpaired) electrons. The smallest absolute Gasteiger partial charge is 0.279 e. The molecule has 0 spiro atoms. The van der Waals surface area contributed by atoms with Gasteiger partial charge in [0.2, 0.25) is 0 Å². The minimum Gasteiger partial charge on any atom is -0.379 e. The van der Waals surface area contributed by atoms with Gasteiger partial charge in [0.15, 0.2) is 0 Å². The second-order valence-corrected chi connectivity index (χ2v) is 9.16. The minimum atomic E-state index is -3.46. The van der Waals surface area contributed by atoms with Crippen molar-refractivity contribution in [2.45, 2.75) is 56.5 Å². The molecule has 1 saturated heterocycles. The maximum absolute atomic E-state index is 12.5. The van der Waals surface area contributed by atoms with Crippen LogP contribution in [0.2, 0.25) is 0 Å². The third-order valence-corrected chi connectivity index (χ3v) is 7.19.